The Kier molecular flexibility index (Phi) is 4.60. The second kappa shape index (κ2) is 6.20. The van der Waals surface area contributed by atoms with Gasteiger partial charge in [-0.05, 0) is 52.0 Å². The highest BCUT2D eigenvalue weighted by atomic mass is 16.1. The van der Waals surface area contributed by atoms with Gasteiger partial charge in [-0.2, -0.15) is 0 Å². The Hall–Kier alpha value is -0.830. The first-order valence-corrected chi connectivity index (χ1v) is 6.96. The van der Waals surface area contributed by atoms with Gasteiger partial charge in [0.25, 0.3) is 0 Å². The van der Waals surface area contributed by atoms with E-state index in [0.29, 0.717) is 6.04 Å². The first-order valence-electron chi connectivity index (χ1n) is 6.96. The van der Waals surface area contributed by atoms with E-state index in [4.69, 9.17) is 0 Å². The molecule has 2 aliphatic rings. The van der Waals surface area contributed by atoms with Crippen LogP contribution in [0.1, 0.15) is 45.4 Å². The number of carbonyl (C=O) groups excluding carboxylic acids is 1. The third-order valence-electron chi connectivity index (χ3n) is 3.99. The average Bonchev–Trinajstić information content (AvgIpc) is 2.77. The first kappa shape index (κ1) is 12.6. The lowest BCUT2D eigenvalue weighted by molar-refractivity contribution is -0.125. The topological polar surface area (TPSA) is 41.1 Å². The van der Waals surface area contributed by atoms with E-state index < -0.39 is 0 Å². The molecule has 2 rings (SSSR count). The van der Waals surface area contributed by atoms with Crippen LogP contribution in [0, 0.1) is 5.92 Å². The summed E-state index contributed by atoms with van der Waals surface area (Å²) in [6.45, 7) is 3.89. The van der Waals surface area contributed by atoms with Gasteiger partial charge in [0, 0.05) is 12.6 Å². The molecule has 1 heterocycles. The molecule has 2 unspecified atom stereocenters. The minimum atomic E-state index is 0.176. The van der Waals surface area contributed by atoms with Gasteiger partial charge in [-0.15, -0.1) is 0 Å². The molecule has 0 spiro atoms. The summed E-state index contributed by atoms with van der Waals surface area (Å²) in [6.07, 6.45) is 9.50. The summed E-state index contributed by atoms with van der Waals surface area (Å²) in [6, 6.07) is 0.337. The molecule has 17 heavy (non-hydrogen) atoms. The summed E-state index contributed by atoms with van der Waals surface area (Å²) >= 11 is 0. The van der Waals surface area contributed by atoms with Crippen molar-refractivity contribution in [2.45, 2.75) is 51.5 Å². The van der Waals surface area contributed by atoms with Crippen molar-refractivity contribution >= 4 is 5.91 Å². The number of hydrogen-bond donors (Lipinski definition) is 2. The van der Waals surface area contributed by atoms with Crippen molar-refractivity contribution in [1.82, 2.24) is 10.6 Å². The Labute approximate surface area is 104 Å². The van der Waals surface area contributed by atoms with Crippen LogP contribution in [0.2, 0.25) is 0 Å². The highest BCUT2D eigenvalue weighted by molar-refractivity contribution is 5.79. The molecule has 0 aromatic rings. The quantitative estimate of drug-likeness (QED) is 0.733. The van der Waals surface area contributed by atoms with Crippen molar-refractivity contribution in [2.24, 2.45) is 5.92 Å². The predicted molar refractivity (Wildman–Crippen MR) is 69.7 cm³/mol. The average molecular weight is 236 g/mol. The van der Waals surface area contributed by atoms with Crippen molar-refractivity contribution in [3.63, 3.8) is 0 Å². The molecule has 0 aromatic heterocycles. The van der Waals surface area contributed by atoms with E-state index >= 15 is 0 Å². The van der Waals surface area contributed by atoms with Gasteiger partial charge in [0.15, 0.2) is 0 Å². The van der Waals surface area contributed by atoms with Crippen molar-refractivity contribution in [1.29, 1.82) is 0 Å². The number of hydrogen-bond acceptors (Lipinski definition) is 2. The van der Waals surface area contributed by atoms with Gasteiger partial charge in [0.05, 0.1) is 5.92 Å². The molecular formula is C14H24N2O. The van der Waals surface area contributed by atoms with Crippen molar-refractivity contribution in [3.8, 4) is 0 Å². The molecule has 1 fully saturated rings. The lowest BCUT2D eigenvalue weighted by atomic mass is 9.97. The van der Waals surface area contributed by atoms with Crippen LogP contribution in [-0.4, -0.2) is 25.0 Å². The monoisotopic (exact) mass is 236 g/mol. The molecule has 0 saturated carbocycles. The molecule has 3 heteroatoms. The van der Waals surface area contributed by atoms with E-state index in [9.17, 15) is 4.79 Å². The number of amides is 1. The lowest BCUT2D eigenvalue weighted by Crippen LogP contribution is -2.37. The summed E-state index contributed by atoms with van der Waals surface area (Å²) < 4.78 is 0. The number of nitrogens with one attached hydrogen (secondary N) is 2. The fourth-order valence-electron chi connectivity index (χ4n) is 2.83. The Bertz CT molecular complexity index is 299. The van der Waals surface area contributed by atoms with Crippen LogP contribution in [0.15, 0.2) is 11.6 Å². The fourth-order valence-corrected chi connectivity index (χ4v) is 2.83. The highest BCUT2D eigenvalue weighted by Crippen LogP contribution is 2.20. The van der Waals surface area contributed by atoms with Gasteiger partial charge in [-0.25, -0.2) is 0 Å². The van der Waals surface area contributed by atoms with Crippen LogP contribution in [0.3, 0.4) is 0 Å². The van der Waals surface area contributed by atoms with Crippen LogP contribution in [0.4, 0.5) is 0 Å². The van der Waals surface area contributed by atoms with E-state index in [1.54, 1.807) is 0 Å². The van der Waals surface area contributed by atoms with Crippen molar-refractivity contribution in [3.05, 3.63) is 11.6 Å². The summed E-state index contributed by atoms with van der Waals surface area (Å²) in [5, 5.41) is 6.40. The molecule has 1 amide bonds. The smallest absolute Gasteiger partial charge is 0.224 e. The van der Waals surface area contributed by atoms with Crippen LogP contribution < -0.4 is 10.6 Å². The van der Waals surface area contributed by atoms with Gasteiger partial charge < -0.3 is 10.6 Å². The summed E-state index contributed by atoms with van der Waals surface area (Å²) in [4.78, 5) is 11.9. The largest absolute Gasteiger partial charge is 0.355 e. The predicted octanol–water partition coefficient (Wildman–Crippen LogP) is 1.99. The minimum Gasteiger partial charge on any atom is -0.355 e. The van der Waals surface area contributed by atoms with Gasteiger partial charge in [0.1, 0.15) is 0 Å². The lowest BCUT2D eigenvalue weighted by Gasteiger charge is -2.16. The fraction of sp³-hybridized carbons (Fsp3) is 0.786. The molecule has 96 valence electrons. The molecular weight excluding hydrogens is 212 g/mol. The van der Waals surface area contributed by atoms with E-state index in [1.165, 1.54) is 31.3 Å². The van der Waals surface area contributed by atoms with Crippen LogP contribution in [0.25, 0.3) is 0 Å². The molecule has 0 bridgehead atoms. The SMILES string of the molecule is CC1NCCC1C(=O)NCCC1=CCCCC1. The summed E-state index contributed by atoms with van der Waals surface area (Å²) in [7, 11) is 0. The maximum atomic E-state index is 11.9. The van der Waals surface area contributed by atoms with E-state index in [-0.39, 0.29) is 11.8 Å². The standard InChI is InChI=1S/C14H24N2O/c1-11-13(8-10-15-11)14(17)16-9-7-12-5-3-2-4-6-12/h5,11,13,15H,2-4,6-10H2,1H3,(H,16,17). The molecule has 0 aromatic carbocycles. The van der Waals surface area contributed by atoms with Gasteiger partial charge >= 0.3 is 0 Å². The number of carbonyl (C=O) groups is 1. The zero-order valence-electron chi connectivity index (χ0n) is 10.8. The molecule has 2 atom stereocenters. The van der Waals surface area contributed by atoms with Crippen LogP contribution in [0.5, 0.6) is 0 Å². The van der Waals surface area contributed by atoms with Crippen molar-refractivity contribution in [2.75, 3.05) is 13.1 Å². The molecule has 0 radical (unpaired) electrons. The first-order chi connectivity index (χ1) is 8.27. The maximum Gasteiger partial charge on any atom is 0.224 e. The highest BCUT2D eigenvalue weighted by Gasteiger charge is 2.28. The summed E-state index contributed by atoms with van der Waals surface area (Å²) in [5.41, 5.74) is 1.54. The zero-order valence-corrected chi connectivity index (χ0v) is 10.8. The van der Waals surface area contributed by atoms with Gasteiger partial charge in [0.2, 0.25) is 5.91 Å². The molecule has 1 aliphatic carbocycles. The molecule has 2 N–H and O–H groups in total. The Morgan fingerprint density at radius 2 is 2.41 bits per heavy atom. The molecule has 1 aliphatic heterocycles. The van der Waals surface area contributed by atoms with Gasteiger partial charge in [-0.3, -0.25) is 4.79 Å². The minimum absolute atomic E-state index is 0.176. The Morgan fingerprint density at radius 1 is 1.53 bits per heavy atom. The third-order valence-corrected chi connectivity index (χ3v) is 3.99. The van der Waals surface area contributed by atoms with E-state index in [2.05, 4.69) is 23.6 Å². The normalized spacial score (nSPS) is 28.9. The van der Waals surface area contributed by atoms with Crippen LogP contribution in [-0.2, 0) is 4.79 Å². The Balaban J connectivity index is 1.67. The Morgan fingerprint density at radius 3 is 3.06 bits per heavy atom. The van der Waals surface area contributed by atoms with E-state index in [0.717, 1.165) is 25.9 Å². The second-order valence-corrected chi connectivity index (χ2v) is 5.29. The third kappa shape index (κ3) is 3.56. The number of allylic oxidation sites excluding steroid dienone is 1. The summed E-state index contributed by atoms with van der Waals surface area (Å²) in [5.74, 6) is 0.411. The number of rotatable bonds is 4. The van der Waals surface area contributed by atoms with Crippen molar-refractivity contribution < 1.29 is 4.79 Å². The molecule has 3 nitrogen and oxygen atoms in total. The van der Waals surface area contributed by atoms with Gasteiger partial charge in [-0.1, -0.05) is 11.6 Å². The second-order valence-electron chi connectivity index (χ2n) is 5.29. The molecule has 1 saturated heterocycles. The zero-order chi connectivity index (χ0) is 12.1. The maximum absolute atomic E-state index is 11.9. The van der Waals surface area contributed by atoms with E-state index in [1.807, 2.05) is 0 Å². The van der Waals surface area contributed by atoms with Crippen LogP contribution >= 0.6 is 0 Å².